The van der Waals surface area contributed by atoms with Crippen molar-refractivity contribution in [1.82, 2.24) is 15.0 Å². The second-order valence-electron chi connectivity index (χ2n) is 4.46. The Hall–Kier alpha value is -2.21. The van der Waals surface area contributed by atoms with E-state index in [2.05, 4.69) is 15.0 Å². The van der Waals surface area contributed by atoms with Gasteiger partial charge in [-0.25, -0.2) is 4.98 Å². The van der Waals surface area contributed by atoms with Gasteiger partial charge in [-0.1, -0.05) is 11.8 Å². The quantitative estimate of drug-likeness (QED) is 0.713. The predicted octanol–water partition coefficient (Wildman–Crippen LogP) is 3.88. The van der Waals surface area contributed by atoms with E-state index < -0.39 is 50.8 Å². The molecule has 5 nitrogen and oxygen atoms in total. The van der Waals surface area contributed by atoms with Crippen molar-refractivity contribution in [1.29, 1.82) is 0 Å². The molecule has 0 bridgehead atoms. The Morgan fingerprint density at radius 2 is 2.26 bits per heavy atom. The normalized spacial score (nSPS) is 21.5. The van der Waals surface area contributed by atoms with E-state index in [9.17, 15) is 0 Å². The SMILES string of the molecule is [2H]c1nc(CSc2nc3ccc(OC([2H])([2H])[2H])cc3[nH]2)c(C([2H])([2H])[2H])c(OC([2H])([2H])[2H])c1C([2H])([2H])[2H]. The summed E-state index contributed by atoms with van der Waals surface area (Å²) in [6.07, 6.45) is -0.839. The highest BCUT2D eigenvalue weighted by Crippen LogP contribution is 2.29. The Labute approximate surface area is 157 Å². The van der Waals surface area contributed by atoms with Gasteiger partial charge in [0.15, 0.2) is 5.16 Å². The van der Waals surface area contributed by atoms with Crippen molar-refractivity contribution in [2.75, 3.05) is 14.1 Å². The second-order valence-corrected chi connectivity index (χ2v) is 5.43. The summed E-state index contributed by atoms with van der Waals surface area (Å²) in [5, 5.41) is 0.263. The first kappa shape index (κ1) is 6.36. The Morgan fingerprint density at radius 3 is 3.09 bits per heavy atom. The molecule has 2 heterocycles. The third kappa shape index (κ3) is 3.12. The van der Waals surface area contributed by atoms with Crippen LogP contribution < -0.4 is 9.47 Å². The summed E-state index contributed by atoms with van der Waals surface area (Å²) in [5.74, 6) is -1.11. The minimum Gasteiger partial charge on any atom is -0.497 e. The summed E-state index contributed by atoms with van der Waals surface area (Å²) in [6, 6.07) is 4.34. The maximum atomic E-state index is 8.07. The fraction of sp³-hybridized carbons (Fsp3) is 0.294. The van der Waals surface area contributed by atoms with Gasteiger partial charge >= 0.3 is 0 Å². The zero-order chi connectivity index (χ0) is 27.3. The van der Waals surface area contributed by atoms with Crippen molar-refractivity contribution in [3.63, 3.8) is 0 Å². The maximum Gasteiger partial charge on any atom is 0.166 e. The number of ether oxygens (including phenoxy) is 2. The molecule has 0 unspecified atom stereocenters. The summed E-state index contributed by atoms with van der Waals surface area (Å²) in [4.78, 5) is 11.1. The number of pyridine rings is 1. The number of thioether (sulfide) groups is 1. The van der Waals surface area contributed by atoms with Gasteiger partial charge in [-0.3, -0.25) is 4.98 Å². The van der Waals surface area contributed by atoms with Crippen LogP contribution in [0.3, 0.4) is 0 Å². The highest BCUT2D eigenvalue weighted by atomic mass is 32.2. The molecule has 0 aliphatic rings. The van der Waals surface area contributed by atoms with Crippen LogP contribution in [0.2, 0.25) is 0 Å². The summed E-state index contributed by atoms with van der Waals surface area (Å²) in [6.45, 7) is -6.09. The number of hydrogen-bond donors (Lipinski definition) is 1. The zero-order valence-corrected chi connectivity index (χ0v) is 12.4. The van der Waals surface area contributed by atoms with Crippen molar-refractivity contribution in [3.05, 3.63) is 41.2 Å². The molecule has 0 aliphatic heterocycles. The van der Waals surface area contributed by atoms with Gasteiger partial charge in [0.05, 0.1) is 40.4 Å². The lowest BCUT2D eigenvalue weighted by atomic mass is 10.1. The lowest BCUT2D eigenvalue weighted by molar-refractivity contribution is 0.407. The molecule has 0 radical (unpaired) electrons. The van der Waals surface area contributed by atoms with E-state index in [0.29, 0.717) is 11.0 Å². The Balaban J connectivity index is 2.03. The second kappa shape index (κ2) is 6.50. The van der Waals surface area contributed by atoms with Crippen molar-refractivity contribution in [3.8, 4) is 11.5 Å². The van der Waals surface area contributed by atoms with Gasteiger partial charge in [0, 0.05) is 37.3 Å². The number of aromatic nitrogens is 3. The van der Waals surface area contributed by atoms with Gasteiger partial charge in [0.1, 0.15) is 11.5 Å². The van der Waals surface area contributed by atoms with Crippen LogP contribution in [-0.2, 0) is 5.75 Å². The molecule has 6 heteroatoms. The largest absolute Gasteiger partial charge is 0.497 e. The molecular weight excluding hydrogens is 310 g/mol. The molecule has 3 aromatic rings. The Morgan fingerprint density at radius 1 is 1.30 bits per heavy atom. The minimum absolute atomic E-state index is 0.0691. The fourth-order valence-corrected chi connectivity index (χ4v) is 2.75. The highest BCUT2D eigenvalue weighted by molar-refractivity contribution is 7.98. The van der Waals surface area contributed by atoms with Crippen LogP contribution in [0, 0.1) is 13.7 Å². The molecule has 1 N–H and O–H groups in total. The molecule has 0 atom stereocenters. The lowest BCUT2D eigenvalue weighted by Crippen LogP contribution is -1.98. The number of rotatable bonds is 5. The third-order valence-electron chi connectivity index (χ3n) is 3.04. The molecule has 0 amide bonds. The van der Waals surface area contributed by atoms with Gasteiger partial charge in [0.25, 0.3) is 0 Å². The van der Waals surface area contributed by atoms with E-state index in [1.54, 1.807) is 0 Å². The first-order valence-electron chi connectivity index (χ1n) is 12.8. The summed E-state index contributed by atoms with van der Waals surface area (Å²) in [5.41, 5.74) is -1.04. The molecule has 0 aliphatic carbocycles. The van der Waals surface area contributed by atoms with Crippen molar-refractivity contribution in [2.24, 2.45) is 0 Å². The molecule has 23 heavy (non-hydrogen) atoms. The lowest BCUT2D eigenvalue weighted by Gasteiger charge is -2.11. The Bertz CT molecular complexity index is 1260. The highest BCUT2D eigenvalue weighted by Gasteiger charge is 2.11. The number of H-pyrrole nitrogens is 1. The maximum absolute atomic E-state index is 8.07. The van der Waals surface area contributed by atoms with E-state index in [0.717, 1.165) is 11.8 Å². The van der Waals surface area contributed by atoms with Crippen LogP contribution in [0.1, 0.15) is 34.6 Å². The number of methoxy groups -OCH3 is 2. The summed E-state index contributed by atoms with van der Waals surface area (Å²) >= 11 is 0.946. The number of hydrogen-bond acceptors (Lipinski definition) is 5. The number of fused-ring (bicyclic) bond motifs is 1. The van der Waals surface area contributed by atoms with E-state index in [4.69, 9.17) is 27.3 Å². The Kier molecular flexibility index (Phi) is 1.80. The number of aromatic amines is 1. The summed E-state index contributed by atoms with van der Waals surface area (Å²) in [7, 11) is -5.84. The van der Waals surface area contributed by atoms with Gasteiger partial charge in [0.2, 0.25) is 0 Å². The van der Waals surface area contributed by atoms with Crippen molar-refractivity contribution < 1.29 is 27.3 Å². The van der Waals surface area contributed by atoms with Gasteiger partial charge < -0.3 is 14.5 Å². The average Bonchev–Trinajstić information content (AvgIpc) is 3.03. The molecule has 0 saturated heterocycles. The number of benzene rings is 1. The average molecular weight is 343 g/mol. The minimum atomic E-state index is -3.19. The number of nitrogens with one attached hydrogen (secondary N) is 1. The van der Waals surface area contributed by atoms with Crippen LogP contribution in [0.4, 0.5) is 0 Å². The van der Waals surface area contributed by atoms with Gasteiger partial charge in [-0.05, 0) is 25.8 Å². The third-order valence-corrected chi connectivity index (χ3v) is 3.93. The van der Waals surface area contributed by atoms with Gasteiger partial charge in [-0.15, -0.1) is 0 Å². The fourth-order valence-electron chi connectivity index (χ4n) is 1.93. The van der Waals surface area contributed by atoms with Crippen molar-refractivity contribution >= 4 is 22.8 Å². The van der Waals surface area contributed by atoms with Crippen LogP contribution >= 0.6 is 11.8 Å². The zero-order valence-electron chi connectivity index (χ0n) is 24.6. The number of imidazole rings is 1. The molecule has 1 aromatic carbocycles. The monoisotopic (exact) mass is 342 g/mol. The summed E-state index contributed by atoms with van der Waals surface area (Å²) < 4.78 is 108. The van der Waals surface area contributed by atoms with E-state index >= 15 is 0 Å². The van der Waals surface area contributed by atoms with E-state index in [1.807, 2.05) is 0 Å². The van der Waals surface area contributed by atoms with E-state index in [-0.39, 0.29) is 22.4 Å². The van der Waals surface area contributed by atoms with Gasteiger partial charge in [-0.2, -0.15) is 0 Å². The smallest absolute Gasteiger partial charge is 0.166 e. The van der Waals surface area contributed by atoms with Crippen molar-refractivity contribution in [2.45, 2.75) is 24.6 Å². The predicted molar refractivity (Wildman–Crippen MR) is 92.5 cm³/mol. The molecule has 120 valence electrons. The van der Waals surface area contributed by atoms with Crippen LogP contribution in [0.5, 0.6) is 11.5 Å². The van der Waals surface area contributed by atoms with Crippen LogP contribution in [0.15, 0.2) is 29.5 Å². The first-order chi connectivity index (χ1) is 16.2. The molecule has 2 aromatic heterocycles. The molecule has 3 rings (SSSR count). The molecule has 0 saturated carbocycles. The first-order valence-corrected chi connectivity index (χ1v) is 7.28. The van der Waals surface area contributed by atoms with Crippen LogP contribution in [0.25, 0.3) is 11.0 Å². The van der Waals surface area contributed by atoms with Crippen LogP contribution in [-0.4, -0.2) is 29.0 Å². The molecular formula is C17H19N3O2S. The topological polar surface area (TPSA) is 60.0 Å². The standard InChI is InChI=1S/C17H19N3O2S/c1-10-8-18-15(11(2)16(10)22-4)9-23-17-19-13-6-5-12(21-3)7-14(13)20-17/h5-8H,9H2,1-4H3,(H,19,20)/i1D3,2D3,3D3,4D3,8D. The molecule has 0 fully saturated rings. The number of nitrogens with zero attached hydrogens (tertiary/aromatic N) is 2. The molecule has 0 spiro atoms. The van der Waals surface area contributed by atoms with E-state index in [1.165, 1.54) is 18.2 Å².